The van der Waals surface area contributed by atoms with Gasteiger partial charge < -0.3 is 15.2 Å². The standard InChI is InChI=1S/C14H20FNO3/c1-3-4-5-12(19-14(16)17)13(18-2)10-6-8-11(15)9-7-10/h6-9,12-13H,3-5H2,1-2H3,(H2,16,17). The summed E-state index contributed by atoms with van der Waals surface area (Å²) in [5, 5.41) is 0. The van der Waals surface area contributed by atoms with Gasteiger partial charge in [0.2, 0.25) is 0 Å². The number of hydrogen-bond donors (Lipinski definition) is 1. The van der Waals surface area contributed by atoms with Crippen molar-refractivity contribution in [2.45, 2.75) is 38.4 Å². The fraction of sp³-hybridized carbons (Fsp3) is 0.500. The van der Waals surface area contributed by atoms with Gasteiger partial charge in [0.15, 0.2) is 0 Å². The van der Waals surface area contributed by atoms with Crippen LogP contribution in [0.4, 0.5) is 9.18 Å². The van der Waals surface area contributed by atoms with E-state index in [2.05, 4.69) is 0 Å². The number of amides is 1. The Hall–Kier alpha value is -1.62. The second kappa shape index (κ2) is 7.74. The van der Waals surface area contributed by atoms with E-state index >= 15 is 0 Å². The Morgan fingerprint density at radius 1 is 1.37 bits per heavy atom. The van der Waals surface area contributed by atoms with Crippen molar-refractivity contribution in [1.82, 2.24) is 0 Å². The van der Waals surface area contributed by atoms with Gasteiger partial charge >= 0.3 is 6.09 Å². The molecule has 2 atom stereocenters. The Labute approximate surface area is 112 Å². The number of hydrogen-bond acceptors (Lipinski definition) is 3. The summed E-state index contributed by atoms with van der Waals surface area (Å²) in [6.07, 6.45) is 0.769. The lowest BCUT2D eigenvalue weighted by molar-refractivity contribution is -0.0257. The molecule has 5 heteroatoms. The summed E-state index contributed by atoms with van der Waals surface area (Å²) in [4.78, 5) is 11.0. The Morgan fingerprint density at radius 2 is 2.00 bits per heavy atom. The number of benzene rings is 1. The van der Waals surface area contributed by atoms with Gasteiger partial charge in [-0.3, -0.25) is 0 Å². The smallest absolute Gasteiger partial charge is 0.404 e. The van der Waals surface area contributed by atoms with E-state index in [4.69, 9.17) is 15.2 Å². The molecule has 19 heavy (non-hydrogen) atoms. The maximum atomic E-state index is 12.9. The molecule has 1 aromatic carbocycles. The first-order valence-corrected chi connectivity index (χ1v) is 6.32. The Balaban J connectivity index is 2.87. The fourth-order valence-corrected chi connectivity index (χ4v) is 1.98. The molecule has 0 aliphatic carbocycles. The second-order valence-corrected chi connectivity index (χ2v) is 4.33. The third kappa shape index (κ3) is 4.87. The molecule has 0 aromatic heterocycles. The SMILES string of the molecule is CCCCC(OC(N)=O)C(OC)c1ccc(F)cc1. The minimum atomic E-state index is -0.828. The number of halogens is 1. The number of methoxy groups -OCH3 is 1. The summed E-state index contributed by atoms with van der Waals surface area (Å²) in [5.74, 6) is -0.320. The number of rotatable bonds is 7. The normalized spacial score (nSPS) is 13.8. The zero-order valence-electron chi connectivity index (χ0n) is 11.3. The summed E-state index contributed by atoms with van der Waals surface area (Å²) in [6.45, 7) is 2.04. The van der Waals surface area contributed by atoms with E-state index in [0.29, 0.717) is 6.42 Å². The van der Waals surface area contributed by atoms with E-state index < -0.39 is 18.3 Å². The van der Waals surface area contributed by atoms with Gasteiger partial charge in [-0.25, -0.2) is 9.18 Å². The monoisotopic (exact) mass is 269 g/mol. The van der Waals surface area contributed by atoms with Crippen molar-refractivity contribution in [3.63, 3.8) is 0 Å². The van der Waals surface area contributed by atoms with E-state index in [0.717, 1.165) is 18.4 Å². The zero-order valence-corrected chi connectivity index (χ0v) is 11.3. The van der Waals surface area contributed by atoms with Gasteiger partial charge in [0, 0.05) is 7.11 Å². The third-order valence-electron chi connectivity index (χ3n) is 2.90. The number of carbonyl (C=O) groups is 1. The van der Waals surface area contributed by atoms with E-state index in [-0.39, 0.29) is 5.82 Å². The van der Waals surface area contributed by atoms with Crippen LogP contribution in [-0.2, 0) is 9.47 Å². The predicted molar refractivity (Wildman–Crippen MR) is 70.1 cm³/mol. The second-order valence-electron chi connectivity index (χ2n) is 4.33. The van der Waals surface area contributed by atoms with Gasteiger partial charge in [-0.05, 0) is 30.5 Å². The van der Waals surface area contributed by atoms with E-state index in [1.165, 1.54) is 19.2 Å². The fourth-order valence-electron chi connectivity index (χ4n) is 1.98. The quantitative estimate of drug-likeness (QED) is 0.827. The highest BCUT2D eigenvalue weighted by atomic mass is 19.1. The summed E-state index contributed by atoms with van der Waals surface area (Å²) in [6, 6.07) is 5.94. The molecule has 0 fully saturated rings. The number of unbranched alkanes of at least 4 members (excludes halogenated alkanes) is 1. The van der Waals surface area contributed by atoms with Crippen molar-refractivity contribution in [3.8, 4) is 0 Å². The maximum Gasteiger partial charge on any atom is 0.404 e. The number of ether oxygens (including phenoxy) is 2. The van der Waals surface area contributed by atoms with Gasteiger partial charge in [-0.1, -0.05) is 25.5 Å². The summed E-state index contributed by atoms with van der Waals surface area (Å²) < 4.78 is 23.4. The van der Waals surface area contributed by atoms with Crippen LogP contribution in [0.3, 0.4) is 0 Å². The molecule has 0 bridgehead atoms. The average Bonchev–Trinajstić information content (AvgIpc) is 2.38. The van der Waals surface area contributed by atoms with E-state index in [1.807, 2.05) is 6.92 Å². The molecule has 1 aromatic rings. The average molecular weight is 269 g/mol. The van der Waals surface area contributed by atoms with Gasteiger partial charge in [0.25, 0.3) is 0 Å². The molecule has 106 valence electrons. The molecule has 4 nitrogen and oxygen atoms in total. The van der Waals surface area contributed by atoms with Crippen LogP contribution in [0.25, 0.3) is 0 Å². The first kappa shape index (κ1) is 15.4. The molecule has 0 saturated carbocycles. The first-order valence-electron chi connectivity index (χ1n) is 6.32. The largest absolute Gasteiger partial charge is 0.443 e. The number of nitrogens with two attached hydrogens (primary N) is 1. The lowest BCUT2D eigenvalue weighted by Gasteiger charge is -2.25. The van der Waals surface area contributed by atoms with Crippen LogP contribution in [0.1, 0.15) is 37.9 Å². The molecule has 2 N–H and O–H groups in total. The van der Waals surface area contributed by atoms with Crippen LogP contribution >= 0.6 is 0 Å². The minimum Gasteiger partial charge on any atom is -0.443 e. The Morgan fingerprint density at radius 3 is 2.47 bits per heavy atom. The van der Waals surface area contributed by atoms with Crippen LogP contribution < -0.4 is 5.73 Å². The van der Waals surface area contributed by atoms with Crippen molar-refractivity contribution in [1.29, 1.82) is 0 Å². The predicted octanol–water partition coefficient (Wildman–Crippen LogP) is 3.17. The molecule has 1 rings (SSSR count). The molecule has 0 heterocycles. The molecule has 0 radical (unpaired) electrons. The van der Waals surface area contributed by atoms with Gasteiger partial charge in [-0.15, -0.1) is 0 Å². The van der Waals surface area contributed by atoms with Crippen LogP contribution in [0.5, 0.6) is 0 Å². The van der Waals surface area contributed by atoms with Crippen molar-refractivity contribution < 1.29 is 18.7 Å². The molecule has 2 unspecified atom stereocenters. The number of primary amides is 1. The molecule has 0 spiro atoms. The van der Waals surface area contributed by atoms with Gasteiger partial charge in [0.05, 0.1) is 0 Å². The van der Waals surface area contributed by atoms with Gasteiger partial charge in [0.1, 0.15) is 18.0 Å². The summed E-state index contributed by atoms with van der Waals surface area (Å²) in [5.41, 5.74) is 5.84. The maximum absolute atomic E-state index is 12.9. The van der Waals surface area contributed by atoms with Crippen LogP contribution in [0, 0.1) is 5.82 Å². The highest BCUT2D eigenvalue weighted by Gasteiger charge is 2.25. The summed E-state index contributed by atoms with van der Waals surface area (Å²) >= 11 is 0. The van der Waals surface area contributed by atoms with Crippen molar-refractivity contribution in [3.05, 3.63) is 35.6 Å². The molecular formula is C14H20FNO3. The van der Waals surface area contributed by atoms with Crippen LogP contribution in [0.2, 0.25) is 0 Å². The van der Waals surface area contributed by atoms with Crippen molar-refractivity contribution in [2.75, 3.05) is 7.11 Å². The Kier molecular flexibility index (Phi) is 6.29. The first-order chi connectivity index (χ1) is 9.08. The topological polar surface area (TPSA) is 61.5 Å². The number of carbonyl (C=O) groups excluding carboxylic acids is 1. The highest BCUT2D eigenvalue weighted by Crippen LogP contribution is 2.26. The molecule has 0 aliphatic heterocycles. The Bertz CT molecular complexity index is 394. The van der Waals surface area contributed by atoms with Crippen LogP contribution in [0.15, 0.2) is 24.3 Å². The molecule has 0 aliphatic rings. The highest BCUT2D eigenvalue weighted by molar-refractivity contribution is 5.64. The van der Waals surface area contributed by atoms with Crippen molar-refractivity contribution in [2.24, 2.45) is 5.73 Å². The minimum absolute atomic E-state index is 0.320. The zero-order chi connectivity index (χ0) is 14.3. The lowest BCUT2D eigenvalue weighted by Crippen LogP contribution is -2.29. The molecular weight excluding hydrogens is 249 g/mol. The van der Waals surface area contributed by atoms with Crippen molar-refractivity contribution >= 4 is 6.09 Å². The lowest BCUT2D eigenvalue weighted by atomic mass is 10.00. The van der Waals surface area contributed by atoms with Gasteiger partial charge in [-0.2, -0.15) is 0 Å². The van der Waals surface area contributed by atoms with Crippen LogP contribution in [-0.4, -0.2) is 19.3 Å². The van der Waals surface area contributed by atoms with E-state index in [1.54, 1.807) is 12.1 Å². The third-order valence-corrected chi connectivity index (χ3v) is 2.90. The molecule has 0 saturated heterocycles. The summed E-state index contributed by atoms with van der Waals surface area (Å²) in [7, 11) is 1.53. The molecule has 1 amide bonds. The van der Waals surface area contributed by atoms with E-state index in [9.17, 15) is 9.18 Å².